The largest absolute Gasteiger partial charge is 0.477 e. The molecule has 0 aliphatic rings. The molecule has 2 aromatic carbocycles. The van der Waals surface area contributed by atoms with Crippen molar-refractivity contribution >= 4 is 22.5 Å². The Balaban J connectivity index is 2.01. The summed E-state index contributed by atoms with van der Waals surface area (Å²) < 4.78 is 1.63. The van der Waals surface area contributed by atoms with Crippen molar-refractivity contribution in [2.45, 2.75) is 6.54 Å². The zero-order valence-corrected chi connectivity index (χ0v) is 11.8. The molecule has 22 heavy (non-hydrogen) atoms. The Kier molecular flexibility index (Phi) is 3.66. The van der Waals surface area contributed by atoms with Crippen molar-refractivity contribution in [3.8, 4) is 0 Å². The summed E-state index contributed by atoms with van der Waals surface area (Å²) in [5.41, 5.74) is 0.805. The van der Waals surface area contributed by atoms with Crippen LogP contribution in [0.5, 0.6) is 0 Å². The first-order valence-corrected chi connectivity index (χ1v) is 6.88. The summed E-state index contributed by atoms with van der Waals surface area (Å²) >= 11 is 0. The molecule has 0 saturated heterocycles. The number of carbonyl (C=O) groups is 2. The number of hydrogen-bond acceptors (Lipinski definition) is 2. The van der Waals surface area contributed by atoms with E-state index in [9.17, 15) is 14.7 Å². The van der Waals surface area contributed by atoms with Gasteiger partial charge in [0.15, 0.2) is 12.4 Å². The minimum absolute atomic E-state index is 0.0581. The molecular weight excluding hydrogens is 278 g/mol. The van der Waals surface area contributed by atoms with Gasteiger partial charge in [0.25, 0.3) is 0 Å². The molecule has 1 heterocycles. The van der Waals surface area contributed by atoms with Crippen molar-refractivity contribution in [3.05, 3.63) is 78.1 Å². The molecular formula is C18H14NO3+. The van der Waals surface area contributed by atoms with E-state index in [1.807, 2.05) is 18.2 Å². The van der Waals surface area contributed by atoms with Crippen LogP contribution in [0.25, 0.3) is 10.8 Å². The van der Waals surface area contributed by atoms with Gasteiger partial charge in [0, 0.05) is 16.3 Å². The highest BCUT2D eigenvalue weighted by Gasteiger charge is 2.18. The first-order chi connectivity index (χ1) is 10.6. The molecule has 108 valence electrons. The van der Waals surface area contributed by atoms with Gasteiger partial charge in [-0.25, -0.2) is 4.79 Å². The quantitative estimate of drug-likeness (QED) is 0.594. The summed E-state index contributed by atoms with van der Waals surface area (Å²) in [4.78, 5) is 23.7. The van der Waals surface area contributed by atoms with Gasteiger partial charge in [-0.2, -0.15) is 4.57 Å². The lowest BCUT2D eigenvalue weighted by molar-refractivity contribution is -0.682. The average molecular weight is 292 g/mol. The topological polar surface area (TPSA) is 58.2 Å². The van der Waals surface area contributed by atoms with E-state index in [2.05, 4.69) is 0 Å². The van der Waals surface area contributed by atoms with Gasteiger partial charge in [-0.15, -0.1) is 0 Å². The van der Waals surface area contributed by atoms with Crippen LogP contribution in [-0.4, -0.2) is 16.9 Å². The lowest BCUT2D eigenvalue weighted by Crippen LogP contribution is -2.38. The maximum Gasteiger partial charge on any atom is 0.342 e. The van der Waals surface area contributed by atoms with Crippen molar-refractivity contribution < 1.29 is 19.3 Å². The monoisotopic (exact) mass is 292 g/mol. The number of nitrogens with zero attached hydrogens (tertiary/aromatic N) is 1. The molecule has 1 aromatic heterocycles. The molecule has 0 amide bonds. The minimum Gasteiger partial charge on any atom is -0.477 e. The van der Waals surface area contributed by atoms with Crippen molar-refractivity contribution in [1.29, 1.82) is 0 Å². The summed E-state index contributed by atoms with van der Waals surface area (Å²) in [5.74, 6) is -1.06. The molecule has 0 aliphatic carbocycles. The Morgan fingerprint density at radius 3 is 2.32 bits per heavy atom. The Labute approximate surface area is 127 Å². The lowest BCUT2D eigenvalue weighted by Gasteiger charge is -2.03. The first-order valence-electron chi connectivity index (χ1n) is 6.88. The van der Waals surface area contributed by atoms with E-state index in [-0.39, 0.29) is 17.9 Å². The Morgan fingerprint density at radius 1 is 0.909 bits per heavy atom. The smallest absolute Gasteiger partial charge is 0.342 e. The van der Waals surface area contributed by atoms with Crippen molar-refractivity contribution in [1.82, 2.24) is 0 Å². The highest BCUT2D eigenvalue weighted by Crippen LogP contribution is 2.16. The van der Waals surface area contributed by atoms with Crippen LogP contribution < -0.4 is 4.57 Å². The molecule has 0 spiro atoms. The molecule has 0 aliphatic heterocycles. The molecule has 4 heteroatoms. The van der Waals surface area contributed by atoms with E-state index in [4.69, 9.17) is 0 Å². The molecule has 3 rings (SSSR count). The van der Waals surface area contributed by atoms with E-state index in [0.717, 1.165) is 5.39 Å². The van der Waals surface area contributed by atoms with Gasteiger partial charge >= 0.3 is 5.97 Å². The number of carboxylic acid groups (broad SMARTS) is 1. The van der Waals surface area contributed by atoms with E-state index < -0.39 is 5.97 Å². The Bertz CT molecular complexity index is 857. The molecule has 0 bridgehead atoms. The SMILES string of the molecule is O=C(C[n+]1cc(C(=O)O)c2ccccc2c1)c1ccccc1. The molecule has 4 nitrogen and oxygen atoms in total. The number of fused-ring (bicyclic) bond motifs is 1. The maximum absolute atomic E-state index is 12.3. The number of hydrogen-bond donors (Lipinski definition) is 1. The third-order valence-corrected chi connectivity index (χ3v) is 3.50. The lowest BCUT2D eigenvalue weighted by atomic mass is 10.1. The summed E-state index contributed by atoms with van der Waals surface area (Å²) in [5, 5.41) is 10.8. The van der Waals surface area contributed by atoms with Gasteiger partial charge in [-0.05, 0) is 6.07 Å². The number of ketones is 1. The second-order valence-electron chi connectivity index (χ2n) is 5.03. The molecule has 0 unspecified atom stereocenters. The number of rotatable bonds is 4. The van der Waals surface area contributed by atoms with Crippen LogP contribution in [0, 0.1) is 0 Å². The molecule has 1 N–H and O–H groups in total. The number of carbonyl (C=O) groups excluding carboxylic acids is 1. The summed E-state index contributed by atoms with van der Waals surface area (Å²) in [7, 11) is 0. The van der Waals surface area contributed by atoms with E-state index >= 15 is 0 Å². The predicted octanol–water partition coefficient (Wildman–Crippen LogP) is 2.71. The maximum atomic E-state index is 12.3. The van der Waals surface area contributed by atoms with Gasteiger partial charge in [-0.1, -0.05) is 48.5 Å². The van der Waals surface area contributed by atoms with Crippen LogP contribution in [0.15, 0.2) is 67.0 Å². The molecule has 0 saturated carbocycles. The van der Waals surface area contributed by atoms with Crippen molar-refractivity contribution in [2.24, 2.45) is 0 Å². The Hall–Kier alpha value is -3.01. The minimum atomic E-state index is -1.00. The second-order valence-corrected chi connectivity index (χ2v) is 5.03. The number of benzene rings is 2. The van der Waals surface area contributed by atoms with Crippen molar-refractivity contribution in [2.75, 3.05) is 0 Å². The molecule has 0 radical (unpaired) electrons. The molecule has 0 fully saturated rings. The van der Waals surface area contributed by atoms with Crippen LogP contribution in [-0.2, 0) is 6.54 Å². The summed E-state index contributed by atoms with van der Waals surface area (Å²) in [6, 6.07) is 16.2. The van der Waals surface area contributed by atoms with Gasteiger partial charge in [0.2, 0.25) is 12.3 Å². The first kappa shape index (κ1) is 13.9. The van der Waals surface area contributed by atoms with Gasteiger partial charge in [0.1, 0.15) is 5.56 Å². The predicted molar refractivity (Wildman–Crippen MR) is 81.9 cm³/mol. The summed E-state index contributed by atoms with van der Waals surface area (Å²) in [6.07, 6.45) is 3.30. The van der Waals surface area contributed by atoms with Gasteiger partial charge in [0.05, 0.1) is 0 Å². The highest BCUT2D eigenvalue weighted by atomic mass is 16.4. The van der Waals surface area contributed by atoms with Crippen LogP contribution in [0.4, 0.5) is 0 Å². The normalized spacial score (nSPS) is 10.5. The standard InChI is InChI=1S/C18H13NO3/c20-17(13-6-2-1-3-7-13)12-19-10-14-8-4-5-9-15(14)16(11-19)18(21)22/h1-11H,12H2/p+1. The van der Waals surface area contributed by atoms with Gasteiger partial charge in [-0.3, -0.25) is 4.79 Å². The summed E-state index contributed by atoms with van der Waals surface area (Å²) in [6.45, 7) is 0.106. The fourth-order valence-electron chi connectivity index (χ4n) is 2.45. The number of Topliss-reactive ketones (excluding diaryl/α,β-unsaturated/α-hetero) is 1. The Morgan fingerprint density at radius 2 is 1.59 bits per heavy atom. The zero-order valence-electron chi connectivity index (χ0n) is 11.8. The van der Waals surface area contributed by atoms with E-state index in [1.54, 1.807) is 47.2 Å². The zero-order chi connectivity index (χ0) is 15.5. The van der Waals surface area contributed by atoms with Gasteiger partial charge < -0.3 is 5.11 Å². The highest BCUT2D eigenvalue weighted by molar-refractivity contribution is 6.02. The van der Waals surface area contributed by atoms with Crippen LogP contribution in [0.1, 0.15) is 20.7 Å². The number of carboxylic acids is 1. The molecule has 3 aromatic rings. The van der Waals surface area contributed by atoms with Crippen LogP contribution >= 0.6 is 0 Å². The van der Waals surface area contributed by atoms with E-state index in [0.29, 0.717) is 10.9 Å². The van der Waals surface area contributed by atoms with E-state index in [1.165, 1.54) is 6.20 Å². The third kappa shape index (κ3) is 2.72. The molecule has 0 atom stereocenters. The van der Waals surface area contributed by atoms with Crippen LogP contribution in [0.3, 0.4) is 0 Å². The number of aromatic nitrogens is 1. The number of pyridine rings is 1. The fraction of sp³-hybridized carbons (Fsp3) is 0.0556. The second kappa shape index (κ2) is 5.77. The third-order valence-electron chi connectivity index (χ3n) is 3.50. The number of aromatic carboxylic acids is 1. The fourth-order valence-corrected chi connectivity index (χ4v) is 2.45. The van der Waals surface area contributed by atoms with Crippen LogP contribution in [0.2, 0.25) is 0 Å². The van der Waals surface area contributed by atoms with Crippen molar-refractivity contribution in [3.63, 3.8) is 0 Å². The average Bonchev–Trinajstić information content (AvgIpc) is 2.54.